The van der Waals surface area contributed by atoms with Gasteiger partial charge in [-0.3, -0.25) is 0 Å². The molecule has 0 aliphatic rings. The Kier molecular flexibility index (Phi) is 6.70. The number of H-pyrrole nitrogens is 1. The molecule has 0 spiro atoms. The van der Waals surface area contributed by atoms with E-state index in [1.54, 1.807) is 6.08 Å². The number of methoxy groups -OCH3 is 1. The first-order valence-electron chi connectivity index (χ1n) is 9.98. The highest BCUT2D eigenvalue weighted by atomic mass is 16.6. The van der Waals surface area contributed by atoms with Crippen molar-refractivity contribution < 1.29 is 19.1 Å². The lowest BCUT2D eigenvalue weighted by Crippen LogP contribution is -2.22. The van der Waals surface area contributed by atoms with Crippen molar-refractivity contribution in [2.45, 2.75) is 32.8 Å². The van der Waals surface area contributed by atoms with Gasteiger partial charge < -0.3 is 14.5 Å². The first-order chi connectivity index (χ1) is 14.7. The van der Waals surface area contributed by atoms with Crippen LogP contribution in [0.1, 0.15) is 48.2 Å². The Labute approximate surface area is 181 Å². The lowest BCUT2D eigenvalue weighted by Gasteiger charge is -2.17. The third-order valence-corrected chi connectivity index (χ3v) is 4.36. The number of ether oxygens (including phenoxy) is 2. The van der Waals surface area contributed by atoms with Gasteiger partial charge in [-0.15, -0.1) is 0 Å². The summed E-state index contributed by atoms with van der Waals surface area (Å²) in [4.78, 5) is 31.7. The molecule has 0 amide bonds. The molecule has 3 rings (SSSR count). The highest BCUT2D eigenvalue weighted by Gasteiger charge is 2.19. The molecule has 0 aliphatic carbocycles. The first-order valence-corrected chi connectivity index (χ1v) is 9.98. The average molecular weight is 418 g/mol. The van der Waals surface area contributed by atoms with Gasteiger partial charge in [-0.25, -0.2) is 14.6 Å². The van der Waals surface area contributed by atoms with E-state index in [4.69, 9.17) is 9.47 Å². The van der Waals surface area contributed by atoms with Crippen molar-refractivity contribution >= 4 is 18.0 Å². The fourth-order valence-corrected chi connectivity index (χ4v) is 3.00. The average Bonchev–Trinajstić information content (AvgIpc) is 3.16. The summed E-state index contributed by atoms with van der Waals surface area (Å²) in [5, 5.41) is 0. The molecular weight excluding hydrogens is 392 g/mol. The van der Waals surface area contributed by atoms with Gasteiger partial charge in [0.05, 0.1) is 7.11 Å². The number of nitrogens with zero attached hydrogens (tertiary/aromatic N) is 1. The van der Waals surface area contributed by atoms with Crippen molar-refractivity contribution in [3.05, 3.63) is 83.3 Å². The van der Waals surface area contributed by atoms with Crippen LogP contribution in [0.4, 0.5) is 0 Å². The Bertz CT molecular complexity index is 1070. The largest absolute Gasteiger partial charge is 0.464 e. The van der Waals surface area contributed by atoms with E-state index in [0.717, 1.165) is 16.7 Å². The number of aromatic nitrogens is 2. The molecule has 1 aromatic heterocycles. The zero-order chi connectivity index (χ0) is 22.4. The maximum Gasteiger partial charge on any atom is 0.356 e. The highest BCUT2D eigenvalue weighted by Crippen LogP contribution is 2.23. The standard InChI is InChI=1S/C25H26N2O4/c1-25(2,3)31-21(28)15-14-17-10-12-18(13-11-17)16-20-26-22(19-8-6-5-7-9-19)23(27-20)24(29)30-4/h5-15H,16H2,1-4H3,(H,26,27)/b15-14+. The van der Waals surface area contributed by atoms with Crippen LogP contribution >= 0.6 is 0 Å². The van der Waals surface area contributed by atoms with Crippen molar-refractivity contribution in [1.29, 1.82) is 0 Å². The first kappa shape index (κ1) is 22.0. The SMILES string of the molecule is COC(=O)c1[nH]c(Cc2ccc(/C=C/C(=O)OC(C)(C)C)cc2)nc1-c1ccccc1. The Morgan fingerprint density at radius 1 is 1.03 bits per heavy atom. The normalized spacial score (nSPS) is 11.5. The van der Waals surface area contributed by atoms with Gasteiger partial charge in [0.15, 0.2) is 5.69 Å². The smallest absolute Gasteiger partial charge is 0.356 e. The molecule has 2 aromatic carbocycles. The van der Waals surface area contributed by atoms with Gasteiger partial charge in [0.1, 0.15) is 17.1 Å². The summed E-state index contributed by atoms with van der Waals surface area (Å²) in [6.45, 7) is 5.49. The molecule has 0 atom stereocenters. The van der Waals surface area contributed by atoms with Crippen LogP contribution in [0.2, 0.25) is 0 Å². The molecule has 3 aromatic rings. The number of benzene rings is 2. The van der Waals surface area contributed by atoms with Gasteiger partial charge in [0, 0.05) is 18.1 Å². The lowest BCUT2D eigenvalue weighted by atomic mass is 10.1. The van der Waals surface area contributed by atoms with E-state index in [1.807, 2.05) is 75.4 Å². The fourth-order valence-electron chi connectivity index (χ4n) is 3.00. The Morgan fingerprint density at radius 3 is 2.32 bits per heavy atom. The highest BCUT2D eigenvalue weighted by molar-refractivity contribution is 5.94. The van der Waals surface area contributed by atoms with Crippen LogP contribution in [0.15, 0.2) is 60.7 Å². The van der Waals surface area contributed by atoms with E-state index in [-0.39, 0.29) is 5.97 Å². The number of nitrogens with one attached hydrogen (secondary N) is 1. The van der Waals surface area contributed by atoms with E-state index < -0.39 is 11.6 Å². The number of carbonyl (C=O) groups is 2. The minimum absolute atomic E-state index is 0.334. The molecule has 0 aliphatic heterocycles. The number of hydrogen-bond donors (Lipinski definition) is 1. The maximum atomic E-state index is 12.2. The summed E-state index contributed by atoms with van der Waals surface area (Å²) >= 11 is 0. The maximum absolute atomic E-state index is 12.2. The minimum Gasteiger partial charge on any atom is -0.464 e. The summed E-state index contributed by atoms with van der Waals surface area (Å²) in [6.07, 6.45) is 3.65. The van der Waals surface area contributed by atoms with Gasteiger partial charge >= 0.3 is 11.9 Å². The molecule has 0 radical (unpaired) electrons. The van der Waals surface area contributed by atoms with Crippen molar-refractivity contribution in [3.63, 3.8) is 0 Å². The summed E-state index contributed by atoms with van der Waals surface area (Å²) in [7, 11) is 1.35. The van der Waals surface area contributed by atoms with Crippen molar-refractivity contribution in [2.75, 3.05) is 7.11 Å². The summed E-state index contributed by atoms with van der Waals surface area (Å²) in [6, 6.07) is 17.2. The Morgan fingerprint density at radius 2 is 1.71 bits per heavy atom. The van der Waals surface area contributed by atoms with Crippen LogP contribution in [-0.4, -0.2) is 34.6 Å². The van der Waals surface area contributed by atoms with E-state index in [1.165, 1.54) is 13.2 Å². The molecule has 31 heavy (non-hydrogen) atoms. The van der Waals surface area contributed by atoms with Crippen LogP contribution in [0.25, 0.3) is 17.3 Å². The van der Waals surface area contributed by atoms with Crippen LogP contribution in [0.5, 0.6) is 0 Å². The van der Waals surface area contributed by atoms with Gasteiger partial charge in [0.2, 0.25) is 0 Å². The van der Waals surface area contributed by atoms with Gasteiger partial charge in [0.25, 0.3) is 0 Å². The third-order valence-electron chi connectivity index (χ3n) is 4.36. The number of aromatic amines is 1. The second kappa shape index (κ2) is 9.43. The third kappa shape index (κ3) is 6.15. The molecule has 0 fully saturated rings. The predicted octanol–water partition coefficient (Wildman–Crippen LogP) is 4.81. The molecule has 1 heterocycles. The molecular formula is C25H26N2O4. The minimum atomic E-state index is -0.518. The zero-order valence-electron chi connectivity index (χ0n) is 18.1. The predicted molar refractivity (Wildman–Crippen MR) is 119 cm³/mol. The second-order valence-corrected chi connectivity index (χ2v) is 8.05. The van der Waals surface area contributed by atoms with E-state index in [2.05, 4.69) is 9.97 Å². The van der Waals surface area contributed by atoms with Crippen LogP contribution in [0.3, 0.4) is 0 Å². The van der Waals surface area contributed by atoms with Crippen molar-refractivity contribution in [2.24, 2.45) is 0 Å². The molecule has 1 N–H and O–H groups in total. The number of esters is 2. The number of rotatable bonds is 6. The van der Waals surface area contributed by atoms with Crippen molar-refractivity contribution in [1.82, 2.24) is 9.97 Å². The topological polar surface area (TPSA) is 81.3 Å². The molecule has 0 saturated heterocycles. The molecule has 0 saturated carbocycles. The van der Waals surface area contributed by atoms with Crippen LogP contribution in [0, 0.1) is 0 Å². The van der Waals surface area contributed by atoms with Gasteiger partial charge in [-0.1, -0.05) is 54.6 Å². The monoisotopic (exact) mass is 418 g/mol. The van der Waals surface area contributed by atoms with E-state index in [0.29, 0.717) is 23.6 Å². The van der Waals surface area contributed by atoms with Gasteiger partial charge in [-0.2, -0.15) is 0 Å². The zero-order valence-corrected chi connectivity index (χ0v) is 18.1. The molecule has 0 bridgehead atoms. The molecule has 0 unspecified atom stereocenters. The lowest BCUT2D eigenvalue weighted by molar-refractivity contribution is -0.148. The molecule has 160 valence electrons. The second-order valence-electron chi connectivity index (χ2n) is 8.05. The Hall–Kier alpha value is -3.67. The van der Waals surface area contributed by atoms with Crippen LogP contribution in [-0.2, 0) is 20.7 Å². The number of carbonyl (C=O) groups excluding carboxylic acids is 2. The molecule has 6 nitrogen and oxygen atoms in total. The summed E-state index contributed by atoms with van der Waals surface area (Å²) < 4.78 is 10.2. The number of imidazole rings is 1. The Balaban J connectivity index is 1.75. The quantitative estimate of drug-likeness (QED) is 0.459. The molecule has 6 heteroatoms. The van der Waals surface area contributed by atoms with Crippen molar-refractivity contribution in [3.8, 4) is 11.3 Å². The number of hydrogen-bond acceptors (Lipinski definition) is 5. The van der Waals surface area contributed by atoms with Gasteiger partial charge in [-0.05, 0) is 38.0 Å². The van der Waals surface area contributed by atoms with Crippen LogP contribution < -0.4 is 0 Å². The fraction of sp³-hybridized carbons (Fsp3) is 0.240. The summed E-state index contributed by atoms with van der Waals surface area (Å²) in [5.74, 6) is -0.174. The summed E-state index contributed by atoms with van der Waals surface area (Å²) in [5.41, 5.74) is 3.12. The van der Waals surface area contributed by atoms with E-state index in [9.17, 15) is 9.59 Å². The van der Waals surface area contributed by atoms with E-state index >= 15 is 0 Å².